The zero-order chi connectivity index (χ0) is 12.6. The Balaban J connectivity index is 4.06. The average Bonchev–Trinajstić information content (AvgIpc) is 2.10. The summed E-state index contributed by atoms with van der Waals surface area (Å²) in [6.07, 6.45) is 3.02. The Bertz CT molecular complexity index is 358. The normalized spacial score (nSPS) is 9.56. The van der Waals surface area contributed by atoms with E-state index in [0.717, 1.165) is 18.4 Å². The summed E-state index contributed by atoms with van der Waals surface area (Å²) in [5.74, 6) is 2.86. The summed E-state index contributed by atoms with van der Waals surface area (Å²) in [5, 5.41) is 0. The van der Waals surface area contributed by atoms with Crippen LogP contribution in [-0.4, -0.2) is 14.0 Å². The highest BCUT2D eigenvalue weighted by Crippen LogP contribution is 2.02. The highest BCUT2D eigenvalue weighted by Gasteiger charge is 2.06. The molecule has 0 heterocycles. The fraction of sp³-hybridized carbons (Fsp3) is 0.538. The molecule has 0 saturated heterocycles. The van der Waals surface area contributed by atoms with Crippen molar-refractivity contribution in [3.63, 3.8) is 0 Å². The van der Waals surface area contributed by atoms with E-state index in [1.54, 1.807) is 0 Å². The molecule has 0 rings (SSSR count). The molecule has 0 aliphatic heterocycles. The maximum atomic E-state index is 10.5. The third-order valence-corrected chi connectivity index (χ3v) is 2.55. The van der Waals surface area contributed by atoms with E-state index in [1.165, 1.54) is 13.2 Å². The second kappa shape index (κ2) is 7.11. The molecule has 0 atom stereocenters. The fourth-order valence-electron chi connectivity index (χ4n) is 0.863. The van der Waals surface area contributed by atoms with Crippen LogP contribution >= 0.6 is 0 Å². The summed E-state index contributed by atoms with van der Waals surface area (Å²) in [4.78, 5) is 10.5. The van der Waals surface area contributed by atoms with E-state index in [1.807, 2.05) is 6.92 Å². The Morgan fingerprint density at radius 2 is 1.94 bits per heavy atom. The Labute approximate surface area is 99.4 Å². The third-order valence-electron chi connectivity index (χ3n) is 1.62. The van der Waals surface area contributed by atoms with Gasteiger partial charge in [0.15, 0.2) is 0 Å². The van der Waals surface area contributed by atoms with Gasteiger partial charge in [-0.2, -0.15) is 0 Å². The Morgan fingerprint density at radius 1 is 1.31 bits per heavy atom. The van der Waals surface area contributed by atoms with Crippen LogP contribution in [0, 0.1) is 11.5 Å². The summed E-state index contributed by atoms with van der Waals surface area (Å²) in [6, 6.07) is 0. The summed E-state index contributed by atoms with van der Waals surface area (Å²) < 4.78 is 4.65. The topological polar surface area (TPSA) is 26.3 Å². The minimum absolute atomic E-state index is 0.321. The molecule has 0 aliphatic rings. The molecule has 0 aromatic heterocycles. The van der Waals surface area contributed by atoms with Gasteiger partial charge in [-0.25, -0.2) is 0 Å². The molecule has 0 saturated carbocycles. The number of carbonyl (C=O) groups excluding carboxylic acids is 1. The highest BCUT2D eigenvalue weighted by atomic mass is 28.3. The molecule has 0 amide bonds. The van der Waals surface area contributed by atoms with Gasteiger partial charge in [0.25, 0.3) is 0 Å². The first-order valence-corrected chi connectivity index (χ1v) is 8.89. The summed E-state index contributed by atoms with van der Waals surface area (Å²) in [5.41, 5.74) is 7.25. The first-order chi connectivity index (χ1) is 7.31. The average molecular weight is 236 g/mol. The monoisotopic (exact) mass is 236 g/mol. The fourth-order valence-corrected chi connectivity index (χ4v) is 1.52. The minimum atomic E-state index is -1.24. The maximum Gasteiger partial charge on any atom is 0.308 e. The Morgan fingerprint density at radius 3 is 2.44 bits per heavy atom. The van der Waals surface area contributed by atoms with E-state index < -0.39 is 8.07 Å². The first-order valence-electron chi connectivity index (χ1n) is 5.39. The number of carbonyl (C=O) groups is 1. The van der Waals surface area contributed by atoms with Crippen LogP contribution in [0.15, 0.2) is 17.6 Å². The van der Waals surface area contributed by atoms with Crippen LogP contribution in [0.3, 0.4) is 0 Å². The molecule has 0 radical (unpaired) electrons. The van der Waals surface area contributed by atoms with E-state index >= 15 is 0 Å². The zero-order valence-electron chi connectivity index (χ0n) is 10.8. The van der Waals surface area contributed by atoms with Crippen molar-refractivity contribution in [2.24, 2.45) is 0 Å². The highest BCUT2D eigenvalue weighted by molar-refractivity contribution is 6.83. The van der Waals surface area contributed by atoms with Crippen molar-refractivity contribution in [1.82, 2.24) is 0 Å². The van der Waals surface area contributed by atoms with Crippen molar-refractivity contribution in [3.8, 4) is 11.5 Å². The van der Waals surface area contributed by atoms with Gasteiger partial charge in [0, 0.05) is 13.3 Å². The van der Waals surface area contributed by atoms with E-state index in [2.05, 4.69) is 41.6 Å². The van der Waals surface area contributed by atoms with Crippen LogP contribution in [0.25, 0.3) is 0 Å². The van der Waals surface area contributed by atoms with Crippen molar-refractivity contribution in [3.05, 3.63) is 17.6 Å². The van der Waals surface area contributed by atoms with E-state index in [4.69, 9.17) is 0 Å². The van der Waals surface area contributed by atoms with E-state index in [0.29, 0.717) is 0 Å². The molecule has 16 heavy (non-hydrogen) atoms. The standard InChI is InChI=1S/C13H20O2Si/c1-12(9-10-15-13(2)14)8-6-7-11-16(3,4)5/h10H,6,8H2,1-5H3. The third kappa shape index (κ3) is 10.8. The number of allylic oxidation sites excluding steroid dienone is 1. The van der Waals surface area contributed by atoms with Crippen LogP contribution in [-0.2, 0) is 9.53 Å². The van der Waals surface area contributed by atoms with Gasteiger partial charge in [0.2, 0.25) is 0 Å². The van der Waals surface area contributed by atoms with Gasteiger partial charge in [0.05, 0.1) is 0 Å². The van der Waals surface area contributed by atoms with Crippen molar-refractivity contribution in [2.75, 3.05) is 0 Å². The molecule has 3 heteroatoms. The molecule has 0 unspecified atom stereocenters. The lowest BCUT2D eigenvalue weighted by molar-refractivity contribution is -0.135. The lowest BCUT2D eigenvalue weighted by atomic mass is 10.2. The van der Waals surface area contributed by atoms with Gasteiger partial charge >= 0.3 is 5.97 Å². The van der Waals surface area contributed by atoms with E-state index in [9.17, 15) is 4.79 Å². The molecule has 2 nitrogen and oxygen atoms in total. The number of esters is 1. The van der Waals surface area contributed by atoms with Gasteiger partial charge in [-0.15, -0.1) is 11.5 Å². The van der Waals surface area contributed by atoms with Gasteiger partial charge in [-0.1, -0.05) is 25.4 Å². The molecule has 0 fully saturated rings. The molecule has 0 spiro atoms. The number of rotatable bonds is 3. The SMILES string of the molecule is CC(=O)OC=C=C(C)CCC#C[Si](C)(C)C. The van der Waals surface area contributed by atoms with Gasteiger partial charge in [-0.3, -0.25) is 4.79 Å². The number of hydrogen-bond acceptors (Lipinski definition) is 2. The largest absolute Gasteiger partial charge is 0.426 e. The second-order valence-corrected chi connectivity index (χ2v) is 9.45. The van der Waals surface area contributed by atoms with Crippen LogP contribution in [0.5, 0.6) is 0 Å². The molecule has 0 aromatic carbocycles. The van der Waals surface area contributed by atoms with Crippen molar-refractivity contribution >= 4 is 14.0 Å². The zero-order valence-corrected chi connectivity index (χ0v) is 11.8. The van der Waals surface area contributed by atoms with Gasteiger partial charge in [-0.05, 0) is 18.9 Å². The Kier molecular flexibility index (Phi) is 6.56. The smallest absolute Gasteiger partial charge is 0.308 e. The van der Waals surface area contributed by atoms with Crippen molar-refractivity contribution in [2.45, 2.75) is 46.3 Å². The second-order valence-electron chi connectivity index (χ2n) is 4.70. The lowest BCUT2D eigenvalue weighted by Crippen LogP contribution is -2.16. The number of ether oxygens (including phenoxy) is 1. The Hall–Kier alpha value is -1.23. The predicted octanol–water partition coefficient (Wildman–Crippen LogP) is 3.27. The van der Waals surface area contributed by atoms with E-state index in [-0.39, 0.29) is 5.97 Å². The molecular weight excluding hydrogens is 216 g/mol. The summed E-state index contributed by atoms with van der Waals surface area (Å²) in [7, 11) is -1.24. The van der Waals surface area contributed by atoms with Crippen LogP contribution in [0.1, 0.15) is 26.7 Å². The minimum Gasteiger partial charge on any atom is -0.426 e. The summed E-state index contributed by atoms with van der Waals surface area (Å²) in [6.45, 7) is 10.00. The predicted molar refractivity (Wildman–Crippen MR) is 69.4 cm³/mol. The quantitative estimate of drug-likeness (QED) is 0.247. The summed E-state index contributed by atoms with van der Waals surface area (Å²) >= 11 is 0. The molecule has 0 N–H and O–H groups in total. The van der Waals surface area contributed by atoms with Crippen LogP contribution in [0.4, 0.5) is 0 Å². The molecule has 0 bridgehead atoms. The molecule has 0 aliphatic carbocycles. The van der Waals surface area contributed by atoms with Crippen molar-refractivity contribution < 1.29 is 9.53 Å². The van der Waals surface area contributed by atoms with Crippen LogP contribution in [0.2, 0.25) is 19.6 Å². The van der Waals surface area contributed by atoms with Gasteiger partial charge < -0.3 is 4.74 Å². The maximum absolute atomic E-state index is 10.5. The lowest BCUT2D eigenvalue weighted by Gasteiger charge is -2.03. The molecular formula is C13H20O2Si. The first kappa shape index (κ1) is 14.8. The van der Waals surface area contributed by atoms with Crippen molar-refractivity contribution in [1.29, 1.82) is 0 Å². The molecule has 88 valence electrons. The van der Waals surface area contributed by atoms with Gasteiger partial charge in [0.1, 0.15) is 14.3 Å². The molecule has 0 aromatic rings. The number of hydrogen-bond donors (Lipinski definition) is 0. The van der Waals surface area contributed by atoms with Crippen LogP contribution < -0.4 is 0 Å².